The van der Waals surface area contributed by atoms with Gasteiger partial charge in [-0.1, -0.05) is 19.1 Å². The molecule has 0 spiro atoms. The molecule has 1 aliphatic rings. The highest BCUT2D eigenvalue weighted by atomic mass is 35.5. The lowest BCUT2D eigenvalue weighted by molar-refractivity contribution is 0.260. The molecule has 16 heavy (non-hydrogen) atoms. The molecule has 1 atom stereocenters. The molecule has 2 nitrogen and oxygen atoms in total. The van der Waals surface area contributed by atoms with Crippen LogP contribution in [0.1, 0.15) is 18.9 Å². The van der Waals surface area contributed by atoms with Crippen LogP contribution in [0.25, 0.3) is 0 Å². The van der Waals surface area contributed by atoms with Crippen LogP contribution in [0.4, 0.5) is 0 Å². The largest absolute Gasteiger partial charge is 0.493 e. The molecule has 1 saturated heterocycles. The van der Waals surface area contributed by atoms with E-state index in [9.17, 15) is 0 Å². The monoisotopic (exact) mass is 241 g/mol. The summed E-state index contributed by atoms with van der Waals surface area (Å²) in [6.45, 7) is 5.26. The summed E-state index contributed by atoms with van der Waals surface area (Å²) in [7, 11) is 0. The van der Waals surface area contributed by atoms with Crippen molar-refractivity contribution in [2.24, 2.45) is 5.92 Å². The van der Waals surface area contributed by atoms with Gasteiger partial charge < -0.3 is 10.1 Å². The van der Waals surface area contributed by atoms with E-state index >= 15 is 0 Å². The van der Waals surface area contributed by atoms with Gasteiger partial charge in [-0.2, -0.15) is 0 Å². The summed E-state index contributed by atoms with van der Waals surface area (Å²) in [5.41, 5.74) is 1.34. The Bertz CT molecular complexity index is 311. The highest BCUT2D eigenvalue weighted by Gasteiger charge is 2.14. The predicted molar refractivity (Wildman–Crippen MR) is 69.5 cm³/mol. The number of benzene rings is 1. The van der Waals surface area contributed by atoms with Crippen LogP contribution in [0.15, 0.2) is 24.3 Å². The molecule has 90 valence electrons. The van der Waals surface area contributed by atoms with Crippen LogP contribution in [0.3, 0.4) is 0 Å². The first-order chi connectivity index (χ1) is 7.38. The summed E-state index contributed by atoms with van der Waals surface area (Å²) in [4.78, 5) is 0. The van der Waals surface area contributed by atoms with Crippen LogP contribution >= 0.6 is 12.4 Å². The number of hydrogen-bond acceptors (Lipinski definition) is 2. The maximum atomic E-state index is 5.79. The Morgan fingerprint density at radius 2 is 2.31 bits per heavy atom. The van der Waals surface area contributed by atoms with Crippen molar-refractivity contribution in [3.63, 3.8) is 0 Å². The zero-order valence-corrected chi connectivity index (χ0v) is 10.6. The van der Waals surface area contributed by atoms with Crippen LogP contribution in [-0.2, 0) is 6.42 Å². The normalized spacial score (nSPS) is 19.2. The highest BCUT2D eigenvalue weighted by molar-refractivity contribution is 5.85. The van der Waals surface area contributed by atoms with E-state index in [0.717, 1.165) is 31.9 Å². The Hall–Kier alpha value is -0.730. The van der Waals surface area contributed by atoms with E-state index in [1.807, 2.05) is 6.07 Å². The van der Waals surface area contributed by atoms with E-state index in [-0.39, 0.29) is 12.4 Å². The van der Waals surface area contributed by atoms with Gasteiger partial charge in [0, 0.05) is 12.5 Å². The van der Waals surface area contributed by atoms with Gasteiger partial charge in [0.05, 0.1) is 6.61 Å². The van der Waals surface area contributed by atoms with E-state index < -0.39 is 0 Å². The summed E-state index contributed by atoms with van der Waals surface area (Å²) in [5.74, 6) is 1.71. The average molecular weight is 242 g/mol. The quantitative estimate of drug-likeness (QED) is 0.875. The first-order valence-corrected chi connectivity index (χ1v) is 5.81. The lowest BCUT2D eigenvalue weighted by Crippen LogP contribution is -2.15. The molecule has 1 fully saturated rings. The fourth-order valence-electron chi connectivity index (χ4n) is 1.93. The van der Waals surface area contributed by atoms with Crippen LogP contribution in [0.5, 0.6) is 5.75 Å². The molecule has 0 saturated carbocycles. The van der Waals surface area contributed by atoms with Gasteiger partial charge in [-0.15, -0.1) is 12.4 Å². The SMILES string of the molecule is CCc1cccc(OC[C@H]2CCNC2)c1.Cl. The second-order valence-corrected chi connectivity index (χ2v) is 4.17. The predicted octanol–water partition coefficient (Wildman–Crippen LogP) is 2.66. The average Bonchev–Trinajstić information content (AvgIpc) is 2.79. The first-order valence-electron chi connectivity index (χ1n) is 5.81. The molecule has 3 heteroatoms. The maximum absolute atomic E-state index is 5.79. The Morgan fingerprint density at radius 1 is 1.44 bits per heavy atom. The minimum atomic E-state index is 0. The Balaban J connectivity index is 0.00000128. The zero-order chi connectivity index (χ0) is 10.5. The molecule has 2 rings (SSSR count). The van der Waals surface area contributed by atoms with E-state index in [1.54, 1.807) is 0 Å². The van der Waals surface area contributed by atoms with E-state index in [1.165, 1.54) is 12.0 Å². The van der Waals surface area contributed by atoms with Gasteiger partial charge in [0.25, 0.3) is 0 Å². The third-order valence-electron chi connectivity index (χ3n) is 2.95. The molecule has 1 heterocycles. The Morgan fingerprint density at radius 3 is 3.00 bits per heavy atom. The lowest BCUT2D eigenvalue weighted by atomic mass is 10.1. The fourth-order valence-corrected chi connectivity index (χ4v) is 1.93. The summed E-state index contributed by atoms with van der Waals surface area (Å²) in [6.07, 6.45) is 2.32. The second kappa shape index (κ2) is 6.77. The molecule has 1 aliphatic heterocycles. The lowest BCUT2D eigenvalue weighted by Gasteiger charge is -2.11. The molecule has 0 radical (unpaired) electrons. The van der Waals surface area contributed by atoms with Gasteiger partial charge in [0.15, 0.2) is 0 Å². The molecular formula is C13H20ClNO. The molecule has 1 aromatic carbocycles. The Kier molecular flexibility index (Phi) is 5.64. The number of ether oxygens (including phenoxy) is 1. The van der Waals surface area contributed by atoms with Crippen molar-refractivity contribution in [2.75, 3.05) is 19.7 Å². The van der Waals surface area contributed by atoms with Gasteiger partial charge in [-0.05, 0) is 37.1 Å². The molecule has 0 aromatic heterocycles. The number of aryl methyl sites for hydroxylation is 1. The number of rotatable bonds is 4. The minimum Gasteiger partial charge on any atom is -0.493 e. The van der Waals surface area contributed by atoms with Gasteiger partial charge in [-0.25, -0.2) is 0 Å². The van der Waals surface area contributed by atoms with Crippen molar-refractivity contribution in [2.45, 2.75) is 19.8 Å². The van der Waals surface area contributed by atoms with Crippen molar-refractivity contribution < 1.29 is 4.74 Å². The topological polar surface area (TPSA) is 21.3 Å². The molecule has 0 amide bonds. The van der Waals surface area contributed by atoms with Crippen molar-refractivity contribution in [1.29, 1.82) is 0 Å². The third-order valence-corrected chi connectivity index (χ3v) is 2.95. The van der Waals surface area contributed by atoms with Crippen LogP contribution in [0, 0.1) is 5.92 Å². The summed E-state index contributed by atoms with van der Waals surface area (Å²) in [6, 6.07) is 8.40. The smallest absolute Gasteiger partial charge is 0.119 e. The van der Waals surface area contributed by atoms with Crippen molar-refractivity contribution >= 4 is 12.4 Å². The summed E-state index contributed by atoms with van der Waals surface area (Å²) < 4.78 is 5.79. The molecular weight excluding hydrogens is 222 g/mol. The molecule has 0 unspecified atom stereocenters. The van der Waals surface area contributed by atoms with E-state index in [4.69, 9.17) is 4.74 Å². The maximum Gasteiger partial charge on any atom is 0.119 e. The standard InChI is InChI=1S/C13H19NO.ClH/c1-2-11-4-3-5-13(8-11)15-10-12-6-7-14-9-12;/h3-5,8,12,14H,2,6-7,9-10H2,1H3;1H/t12-;/m0./s1. The van der Waals surface area contributed by atoms with Gasteiger partial charge in [-0.3, -0.25) is 0 Å². The Labute approximate surface area is 104 Å². The van der Waals surface area contributed by atoms with Crippen molar-refractivity contribution in [3.8, 4) is 5.75 Å². The van der Waals surface area contributed by atoms with Gasteiger partial charge >= 0.3 is 0 Å². The molecule has 0 aliphatic carbocycles. The number of halogens is 1. The van der Waals surface area contributed by atoms with E-state index in [0.29, 0.717) is 5.92 Å². The first kappa shape index (κ1) is 13.3. The van der Waals surface area contributed by atoms with Gasteiger partial charge in [0.2, 0.25) is 0 Å². The molecule has 1 N–H and O–H groups in total. The fraction of sp³-hybridized carbons (Fsp3) is 0.538. The highest BCUT2D eigenvalue weighted by Crippen LogP contribution is 2.16. The van der Waals surface area contributed by atoms with Crippen LogP contribution in [0.2, 0.25) is 0 Å². The van der Waals surface area contributed by atoms with Crippen molar-refractivity contribution in [1.82, 2.24) is 5.32 Å². The summed E-state index contributed by atoms with van der Waals surface area (Å²) >= 11 is 0. The molecule has 1 aromatic rings. The number of nitrogens with one attached hydrogen (secondary N) is 1. The van der Waals surface area contributed by atoms with E-state index in [2.05, 4.69) is 30.4 Å². The van der Waals surface area contributed by atoms with Gasteiger partial charge in [0.1, 0.15) is 5.75 Å². The third kappa shape index (κ3) is 3.69. The zero-order valence-electron chi connectivity index (χ0n) is 9.74. The summed E-state index contributed by atoms with van der Waals surface area (Å²) in [5, 5.41) is 3.35. The minimum absolute atomic E-state index is 0. The van der Waals surface area contributed by atoms with Crippen LogP contribution in [-0.4, -0.2) is 19.7 Å². The second-order valence-electron chi connectivity index (χ2n) is 4.17. The molecule has 0 bridgehead atoms. The van der Waals surface area contributed by atoms with Crippen molar-refractivity contribution in [3.05, 3.63) is 29.8 Å². The van der Waals surface area contributed by atoms with Crippen LogP contribution < -0.4 is 10.1 Å². The number of hydrogen-bond donors (Lipinski definition) is 1.